The fourth-order valence-electron chi connectivity index (χ4n) is 1.41. The molecule has 0 radical (unpaired) electrons. The summed E-state index contributed by atoms with van der Waals surface area (Å²) in [5.74, 6) is -3.03. The number of alkyl halides is 3. The summed E-state index contributed by atoms with van der Waals surface area (Å²) in [6, 6.07) is 0.113. The van der Waals surface area contributed by atoms with Crippen LogP contribution >= 0.6 is 73.3 Å². The molecule has 3 amide bonds. The number of benzene rings is 1. The molecular weight excluding hydrogens is 568 g/mol. The van der Waals surface area contributed by atoms with Crippen LogP contribution in [0.2, 0.25) is 0 Å². The first kappa shape index (κ1) is 21.7. The Kier molecular flexibility index (Phi) is 7.98. The number of nitrogens with one attached hydrogen (secondary N) is 2. The van der Waals surface area contributed by atoms with Crippen molar-refractivity contribution in [2.24, 2.45) is 0 Å². The Morgan fingerprint density at radius 2 is 1.96 bits per heavy atom. The number of hydrogen-bond acceptors (Lipinski definition) is 4. The summed E-state index contributed by atoms with van der Waals surface area (Å²) < 4.78 is 17.2. The molecule has 0 saturated carbocycles. The molecule has 0 aliphatic rings. The lowest BCUT2D eigenvalue weighted by Crippen LogP contribution is -2.41. The van der Waals surface area contributed by atoms with Crippen molar-refractivity contribution in [2.75, 3.05) is 11.9 Å². The summed E-state index contributed by atoms with van der Waals surface area (Å²) in [5.41, 5.74) is -0.728. The minimum atomic E-state index is -2.38. The second-order valence-electron chi connectivity index (χ2n) is 4.04. The molecule has 0 atom stereocenters. The minimum absolute atomic E-state index is 0.0131. The number of carbonyl (C=O) groups excluding carboxylic acids is 3. The summed E-state index contributed by atoms with van der Waals surface area (Å²) in [6.45, 7) is 1.61. The van der Waals surface area contributed by atoms with Gasteiger partial charge < -0.3 is 10.1 Å². The average Bonchev–Trinajstić information content (AvgIpc) is 2.46. The van der Waals surface area contributed by atoms with Gasteiger partial charge in [0.05, 0.1) is 22.3 Å². The van der Waals surface area contributed by atoms with E-state index in [9.17, 15) is 18.8 Å². The Hall–Kier alpha value is -0.360. The van der Waals surface area contributed by atoms with Gasteiger partial charge in [0.1, 0.15) is 0 Å². The quantitative estimate of drug-likeness (QED) is 0.242. The van der Waals surface area contributed by atoms with Gasteiger partial charge in [-0.3, -0.25) is 10.1 Å². The summed E-state index contributed by atoms with van der Waals surface area (Å²) >= 11 is 20.7. The van der Waals surface area contributed by atoms with E-state index in [2.05, 4.69) is 15.9 Å². The van der Waals surface area contributed by atoms with Gasteiger partial charge in [0.15, 0.2) is 5.82 Å². The Labute approximate surface area is 173 Å². The third-order valence-electron chi connectivity index (χ3n) is 2.38. The van der Waals surface area contributed by atoms with Crippen LogP contribution in [0.3, 0.4) is 0 Å². The van der Waals surface area contributed by atoms with Gasteiger partial charge in [-0.25, -0.2) is 14.0 Å². The summed E-state index contributed by atoms with van der Waals surface area (Å²) in [4.78, 5) is 35.2. The van der Waals surface area contributed by atoms with Gasteiger partial charge in [-0.15, -0.1) is 0 Å². The maximum atomic E-state index is 14.4. The van der Waals surface area contributed by atoms with Crippen LogP contribution in [0.4, 0.5) is 14.9 Å². The smallest absolute Gasteiger partial charge is 0.340 e. The number of carbonyl (C=O) groups is 3. The van der Waals surface area contributed by atoms with Crippen LogP contribution in [0.5, 0.6) is 0 Å². The van der Waals surface area contributed by atoms with Crippen molar-refractivity contribution >= 4 is 96.9 Å². The zero-order chi connectivity index (χ0) is 18.7. The molecule has 0 unspecified atom stereocenters. The molecule has 0 aliphatic carbocycles. The molecule has 0 fully saturated rings. The molecule has 1 rings (SSSR count). The predicted octanol–water partition coefficient (Wildman–Crippen LogP) is 4.39. The highest BCUT2D eigenvalue weighted by atomic mass is 127. The summed E-state index contributed by atoms with van der Waals surface area (Å²) in [7, 11) is 0. The first-order valence-corrected chi connectivity index (χ1v) is 9.03. The number of hydrogen-bond donors (Lipinski definition) is 2. The zero-order valence-electron chi connectivity index (χ0n) is 11.7. The maximum Gasteiger partial charge on any atom is 0.340 e. The van der Waals surface area contributed by atoms with Gasteiger partial charge in [0.25, 0.3) is 9.70 Å². The lowest BCUT2D eigenvalue weighted by molar-refractivity contribution is -0.119. The van der Waals surface area contributed by atoms with E-state index in [1.165, 1.54) is 6.07 Å². The molecule has 1 aromatic carbocycles. The van der Waals surface area contributed by atoms with E-state index >= 15 is 0 Å². The fraction of sp³-hybridized carbons (Fsp3) is 0.250. The number of esters is 1. The van der Waals surface area contributed by atoms with E-state index < -0.39 is 33.2 Å². The van der Waals surface area contributed by atoms with Crippen molar-refractivity contribution in [3.63, 3.8) is 0 Å². The molecule has 2 N–H and O–H groups in total. The van der Waals surface area contributed by atoms with Crippen molar-refractivity contribution < 1.29 is 23.5 Å². The molecule has 0 spiro atoms. The van der Waals surface area contributed by atoms with Gasteiger partial charge >= 0.3 is 12.0 Å². The number of anilines is 1. The average molecular weight is 576 g/mol. The monoisotopic (exact) mass is 574 g/mol. The Bertz CT molecular complexity index is 700. The third-order valence-corrected chi connectivity index (χ3v) is 5.26. The third kappa shape index (κ3) is 5.58. The topological polar surface area (TPSA) is 84.5 Å². The Morgan fingerprint density at radius 1 is 1.38 bits per heavy atom. The van der Waals surface area contributed by atoms with Crippen LogP contribution in [-0.4, -0.2) is 28.3 Å². The van der Waals surface area contributed by atoms with E-state index in [-0.39, 0.29) is 16.6 Å². The number of urea groups is 1. The normalized spacial score (nSPS) is 11.0. The second-order valence-corrected chi connectivity index (χ2v) is 8.27. The largest absolute Gasteiger partial charge is 0.462 e. The lowest BCUT2D eigenvalue weighted by Gasteiger charge is -2.15. The number of imide groups is 1. The molecule has 0 bridgehead atoms. The van der Waals surface area contributed by atoms with Crippen molar-refractivity contribution in [3.05, 3.63) is 25.5 Å². The molecule has 0 saturated heterocycles. The molecule has 0 aliphatic heterocycles. The SMILES string of the molecule is CCOC(=O)c1cc(I)c(Br)c(F)c1NC(=O)NC(=O)C(Cl)(Cl)Cl. The van der Waals surface area contributed by atoms with Gasteiger partial charge in [-0.2, -0.15) is 0 Å². The van der Waals surface area contributed by atoms with Crippen LogP contribution < -0.4 is 10.6 Å². The maximum absolute atomic E-state index is 14.4. The molecule has 12 heteroatoms. The van der Waals surface area contributed by atoms with Gasteiger partial charge in [-0.05, 0) is 51.5 Å². The molecular formula is C12H8BrCl3FIN2O4. The molecule has 24 heavy (non-hydrogen) atoms. The lowest BCUT2D eigenvalue weighted by atomic mass is 10.1. The molecule has 1 aromatic rings. The van der Waals surface area contributed by atoms with Crippen LogP contribution in [0.15, 0.2) is 10.5 Å². The number of ether oxygens (including phenoxy) is 1. The van der Waals surface area contributed by atoms with Crippen LogP contribution in [0.1, 0.15) is 17.3 Å². The van der Waals surface area contributed by atoms with E-state index in [1.807, 2.05) is 5.32 Å². The highest BCUT2D eigenvalue weighted by molar-refractivity contribution is 14.1. The fourth-order valence-corrected chi connectivity index (χ4v) is 2.41. The van der Waals surface area contributed by atoms with Crippen molar-refractivity contribution in [2.45, 2.75) is 10.7 Å². The first-order chi connectivity index (χ1) is 11.0. The standard InChI is InChI=1S/C12H8BrCl3FIN2O4/c1-2-24-9(21)4-3-5(18)6(13)7(17)8(4)19-11(23)20-10(22)12(14,15)16/h3H,2H2,1H3,(H2,19,20,22,23). The van der Waals surface area contributed by atoms with E-state index in [4.69, 9.17) is 39.5 Å². The number of amides is 3. The van der Waals surface area contributed by atoms with Crippen molar-refractivity contribution in [1.29, 1.82) is 0 Å². The van der Waals surface area contributed by atoms with Crippen LogP contribution in [0.25, 0.3) is 0 Å². The minimum Gasteiger partial charge on any atom is -0.462 e. The molecule has 6 nitrogen and oxygen atoms in total. The van der Waals surface area contributed by atoms with Crippen LogP contribution in [-0.2, 0) is 9.53 Å². The van der Waals surface area contributed by atoms with Gasteiger partial charge in [-0.1, -0.05) is 34.8 Å². The summed E-state index contributed by atoms with van der Waals surface area (Å²) in [6.07, 6.45) is 0. The van der Waals surface area contributed by atoms with E-state index in [0.29, 0.717) is 3.57 Å². The Balaban J connectivity index is 3.18. The number of rotatable bonds is 3. The highest BCUT2D eigenvalue weighted by Gasteiger charge is 2.32. The first-order valence-electron chi connectivity index (χ1n) is 6.02. The molecule has 0 aromatic heterocycles. The highest BCUT2D eigenvalue weighted by Crippen LogP contribution is 2.32. The van der Waals surface area contributed by atoms with Gasteiger partial charge in [0.2, 0.25) is 0 Å². The van der Waals surface area contributed by atoms with Gasteiger partial charge in [0, 0.05) is 3.57 Å². The van der Waals surface area contributed by atoms with Crippen molar-refractivity contribution in [3.8, 4) is 0 Å². The van der Waals surface area contributed by atoms with E-state index in [0.717, 1.165) is 0 Å². The second kappa shape index (κ2) is 8.84. The summed E-state index contributed by atoms with van der Waals surface area (Å²) in [5, 5.41) is 3.74. The van der Waals surface area contributed by atoms with Crippen LogP contribution in [0, 0.1) is 9.39 Å². The van der Waals surface area contributed by atoms with E-state index in [1.54, 1.807) is 34.8 Å². The Morgan fingerprint density at radius 3 is 2.46 bits per heavy atom. The zero-order valence-corrected chi connectivity index (χ0v) is 17.7. The number of halogens is 6. The predicted molar refractivity (Wildman–Crippen MR) is 100 cm³/mol. The molecule has 0 heterocycles. The van der Waals surface area contributed by atoms with Crippen molar-refractivity contribution in [1.82, 2.24) is 5.32 Å². The molecule has 132 valence electrons.